The van der Waals surface area contributed by atoms with Crippen molar-refractivity contribution >= 4 is 11.0 Å². The molecule has 0 spiro atoms. The number of hydrogen-bond donors (Lipinski definition) is 4. The van der Waals surface area contributed by atoms with Gasteiger partial charge in [0.2, 0.25) is 5.43 Å². The van der Waals surface area contributed by atoms with Gasteiger partial charge < -0.3 is 39.1 Å². The van der Waals surface area contributed by atoms with E-state index in [1.54, 1.807) is 36.4 Å². The van der Waals surface area contributed by atoms with Crippen LogP contribution in [0.25, 0.3) is 22.1 Å². The monoisotopic (exact) mass is 500 g/mol. The molecule has 36 heavy (non-hydrogen) atoms. The Morgan fingerprint density at radius 3 is 2.25 bits per heavy atom. The van der Waals surface area contributed by atoms with E-state index in [-0.39, 0.29) is 22.0 Å². The Bertz CT molecular complexity index is 1220. The van der Waals surface area contributed by atoms with E-state index >= 15 is 0 Å². The molecule has 2 aromatic carbocycles. The smallest absolute Gasteiger partial charge is 0.200 e. The number of rotatable bonds is 9. The van der Waals surface area contributed by atoms with E-state index in [1.807, 2.05) is 13.8 Å². The summed E-state index contributed by atoms with van der Waals surface area (Å²) in [7, 11) is 0. The van der Waals surface area contributed by atoms with Gasteiger partial charge in [0.05, 0.1) is 36.3 Å². The van der Waals surface area contributed by atoms with Crippen LogP contribution in [0.4, 0.5) is 0 Å². The number of benzene rings is 2. The van der Waals surface area contributed by atoms with Crippen molar-refractivity contribution in [2.45, 2.75) is 57.2 Å². The van der Waals surface area contributed by atoms with Crippen LogP contribution >= 0.6 is 0 Å². The van der Waals surface area contributed by atoms with Crippen LogP contribution in [0.2, 0.25) is 0 Å². The molecule has 4 rings (SSSR count). The Morgan fingerprint density at radius 2 is 1.58 bits per heavy atom. The highest BCUT2D eigenvalue weighted by Gasteiger charge is 2.46. The fraction of sp³-hybridized carbons (Fsp3) is 0.444. The lowest BCUT2D eigenvalue weighted by Crippen LogP contribution is -2.55. The quantitative estimate of drug-likeness (QED) is 0.349. The first-order chi connectivity index (χ1) is 17.4. The van der Waals surface area contributed by atoms with Crippen LogP contribution in [0.5, 0.6) is 11.5 Å². The fourth-order valence-corrected chi connectivity index (χ4v) is 4.30. The van der Waals surface area contributed by atoms with Crippen molar-refractivity contribution in [1.29, 1.82) is 0 Å². The van der Waals surface area contributed by atoms with Gasteiger partial charge >= 0.3 is 0 Å². The summed E-state index contributed by atoms with van der Waals surface area (Å²) < 4.78 is 23.2. The summed E-state index contributed by atoms with van der Waals surface area (Å²) >= 11 is 0. The van der Waals surface area contributed by atoms with E-state index in [9.17, 15) is 25.2 Å². The van der Waals surface area contributed by atoms with Crippen molar-refractivity contribution in [1.82, 2.24) is 0 Å². The van der Waals surface area contributed by atoms with Gasteiger partial charge in [-0.25, -0.2) is 0 Å². The molecule has 9 heteroatoms. The number of ether oxygens (including phenoxy) is 3. The second-order valence-corrected chi connectivity index (χ2v) is 8.80. The van der Waals surface area contributed by atoms with Gasteiger partial charge in [-0.1, -0.05) is 26.0 Å². The molecular weight excluding hydrogens is 468 g/mol. The minimum absolute atomic E-state index is 0.129. The van der Waals surface area contributed by atoms with Gasteiger partial charge in [0.1, 0.15) is 53.9 Å². The molecule has 5 atom stereocenters. The van der Waals surface area contributed by atoms with Crippen LogP contribution in [0, 0.1) is 0 Å². The standard InChI is InChI=1S/C27H32O9/c1-3-11-33-16-7-5-15(6-8-16)18-14-35-26-17(22(18)29)9-10-19(34-12-4-2)21(26)27-25(32)24(31)23(30)20(13-28)36-27/h5-10,14,20,23-25,27-28,30-32H,3-4,11-13H2,1-2H3/t20-,23-,24+,25-,27+/m1/s1. The first-order valence-electron chi connectivity index (χ1n) is 12.2. The molecule has 194 valence electrons. The third kappa shape index (κ3) is 4.98. The average molecular weight is 501 g/mol. The van der Waals surface area contributed by atoms with Gasteiger partial charge in [-0.05, 0) is 42.7 Å². The Balaban J connectivity index is 1.81. The summed E-state index contributed by atoms with van der Waals surface area (Å²) in [6, 6.07) is 10.3. The second kappa shape index (κ2) is 11.4. The van der Waals surface area contributed by atoms with E-state index < -0.39 is 37.1 Å². The molecule has 1 saturated heterocycles. The predicted octanol–water partition coefficient (Wildman–Crippen LogP) is 2.55. The molecule has 2 heterocycles. The molecular formula is C27H32O9. The van der Waals surface area contributed by atoms with Crippen molar-refractivity contribution in [3.8, 4) is 22.6 Å². The highest BCUT2D eigenvalue weighted by atomic mass is 16.5. The zero-order valence-electron chi connectivity index (χ0n) is 20.3. The number of aliphatic hydroxyl groups is 4. The topological polar surface area (TPSA) is 139 Å². The van der Waals surface area contributed by atoms with E-state index in [4.69, 9.17) is 18.6 Å². The average Bonchev–Trinajstić information content (AvgIpc) is 2.90. The van der Waals surface area contributed by atoms with E-state index in [0.29, 0.717) is 42.3 Å². The third-order valence-corrected chi connectivity index (χ3v) is 6.22. The van der Waals surface area contributed by atoms with Gasteiger partial charge in [-0.15, -0.1) is 0 Å². The summed E-state index contributed by atoms with van der Waals surface area (Å²) in [6.07, 6.45) is -4.08. The zero-order chi connectivity index (χ0) is 25.8. The summed E-state index contributed by atoms with van der Waals surface area (Å²) in [4.78, 5) is 13.5. The summed E-state index contributed by atoms with van der Waals surface area (Å²) in [5.74, 6) is 1.01. The molecule has 0 unspecified atom stereocenters. The maximum atomic E-state index is 13.5. The Morgan fingerprint density at radius 1 is 0.889 bits per heavy atom. The Labute approximate surface area is 208 Å². The maximum absolute atomic E-state index is 13.5. The second-order valence-electron chi connectivity index (χ2n) is 8.80. The largest absolute Gasteiger partial charge is 0.494 e. The first kappa shape index (κ1) is 26.1. The zero-order valence-corrected chi connectivity index (χ0v) is 20.3. The van der Waals surface area contributed by atoms with Gasteiger partial charge in [0.15, 0.2) is 0 Å². The molecule has 3 aromatic rings. The highest BCUT2D eigenvalue weighted by Crippen LogP contribution is 2.41. The molecule has 0 saturated carbocycles. The molecule has 4 N–H and O–H groups in total. The minimum Gasteiger partial charge on any atom is -0.494 e. The van der Waals surface area contributed by atoms with Crippen LogP contribution in [0.1, 0.15) is 38.4 Å². The van der Waals surface area contributed by atoms with Gasteiger partial charge in [0, 0.05) is 0 Å². The maximum Gasteiger partial charge on any atom is 0.200 e. The lowest BCUT2D eigenvalue weighted by molar-refractivity contribution is -0.231. The molecule has 0 radical (unpaired) electrons. The van der Waals surface area contributed by atoms with Gasteiger partial charge in [-0.3, -0.25) is 4.79 Å². The van der Waals surface area contributed by atoms with Gasteiger partial charge in [-0.2, -0.15) is 0 Å². The molecule has 1 fully saturated rings. The van der Waals surface area contributed by atoms with Crippen molar-refractivity contribution in [3.63, 3.8) is 0 Å². The normalized spacial score (nSPS) is 24.1. The SMILES string of the molecule is CCCOc1ccc(-c2coc3c([C@@H]4O[C@H](CO)[C@@H](O)[C@H](O)[C@H]4O)c(OCCC)ccc3c2=O)cc1. The highest BCUT2D eigenvalue weighted by molar-refractivity contribution is 5.86. The lowest BCUT2D eigenvalue weighted by Gasteiger charge is -2.40. The molecule has 0 aliphatic carbocycles. The van der Waals surface area contributed by atoms with Crippen molar-refractivity contribution in [2.75, 3.05) is 19.8 Å². The Hall–Kier alpha value is -2.95. The molecule has 1 aliphatic heterocycles. The van der Waals surface area contributed by atoms with E-state index in [0.717, 1.165) is 6.42 Å². The summed E-state index contributed by atoms with van der Waals surface area (Å²) in [5, 5.41) is 41.2. The van der Waals surface area contributed by atoms with E-state index in [2.05, 4.69) is 0 Å². The minimum atomic E-state index is -1.59. The third-order valence-electron chi connectivity index (χ3n) is 6.22. The lowest BCUT2D eigenvalue weighted by atomic mass is 9.89. The fourth-order valence-electron chi connectivity index (χ4n) is 4.30. The van der Waals surface area contributed by atoms with Crippen LogP contribution in [0.3, 0.4) is 0 Å². The van der Waals surface area contributed by atoms with Crippen LogP contribution in [-0.4, -0.2) is 64.7 Å². The predicted molar refractivity (Wildman–Crippen MR) is 132 cm³/mol. The van der Waals surface area contributed by atoms with Gasteiger partial charge in [0.25, 0.3) is 0 Å². The number of fused-ring (bicyclic) bond motifs is 1. The van der Waals surface area contributed by atoms with Crippen molar-refractivity contribution < 1.29 is 39.1 Å². The number of hydrogen-bond acceptors (Lipinski definition) is 9. The Kier molecular flexibility index (Phi) is 8.28. The molecule has 0 amide bonds. The molecule has 1 aliphatic rings. The van der Waals surface area contributed by atoms with E-state index in [1.165, 1.54) is 6.26 Å². The van der Waals surface area contributed by atoms with Crippen LogP contribution < -0.4 is 14.9 Å². The number of aliphatic hydroxyl groups excluding tert-OH is 4. The van der Waals surface area contributed by atoms with Crippen molar-refractivity contribution in [3.05, 3.63) is 58.4 Å². The molecule has 9 nitrogen and oxygen atoms in total. The van der Waals surface area contributed by atoms with Crippen molar-refractivity contribution in [2.24, 2.45) is 0 Å². The summed E-state index contributed by atoms with van der Waals surface area (Å²) in [6.45, 7) is 4.32. The molecule has 0 bridgehead atoms. The first-order valence-corrected chi connectivity index (χ1v) is 12.2. The van der Waals surface area contributed by atoms with Crippen LogP contribution in [0.15, 0.2) is 51.9 Å². The summed E-state index contributed by atoms with van der Waals surface area (Å²) in [5.41, 5.74) is 1.04. The molecule has 1 aromatic heterocycles. The van der Waals surface area contributed by atoms with Crippen LogP contribution in [-0.2, 0) is 4.74 Å².